The van der Waals surface area contributed by atoms with E-state index in [0.717, 1.165) is 30.3 Å². The van der Waals surface area contributed by atoms with Gasteiger partial charge in [-0.1, -0.05) is 0 Å². The van der Waals surface area contributed by atoms with Crippen molar-refractivity contribution in [2.75, 3.05) is 49.3 Å². The van der Waals surface area contributed by atoms with Crippen molar-refractivity contribution < 1.29 is 14.3 Å². The normalized spacial score (nSPS) is 22.6. The van der Waals surface area contributed by atoms with Crippen LogP contribution in [0.3, 0.4) is 0 Å². The predicted octanol–water partition coefficient (Wildman–Crippen LogP) is 0.580. The quantitative estimate of drug-likeness (QED) is 0.749. The molecule has 0 spiro atoms. The summed E-state index contributed by atoms with van der Waals surface area (Å²) in [5.74, 6) is 0.606. The number of aromatic nitrogens is 4. The molecule has 0 saturated carbocycles. The number of nitrogens with one attached hydrogen (secondary N) is 2. The monoisotopic (exact) mass is 401 g/mol. The zero-order valence-corrected chi connectivity index (χ0v) is 16.8. The van der Waals surface area contributed by atoms with E-state index in [1.807, 2.05) is 0 Å². The molecule has 10 nitrogen and oxygen atoms in total. The van der Waals surface area contributed by atoms with Crippen LogP contribution in [0, 0.1) is 0 Å². The second kappa shape index (κ2) is 8.75. The van der Waals surface area contributed by atoms with Gasteiger partial charge in [-0.2, -0.15) is 5.10 Å². The van der Waals surface area contributed by atoms with E-state index < -0.39 is 0 Å². The van der Waals surface area contributed by atoms with Gasteiger partial charge in [-0.25, -0.2) is 0 Å². The molecule has 2 aromatic rings. The maximum Gasteiger partial charge on any atom is 0.269 e. The summed E-state index contributed by atoms with van der Waals surface area (Å²) in [4.78, 5) is 16.8. The van der Waals surface area contributed by atoms with Gasteiger partial charge in [0.25, 0.3) is 5.91 Å². The van der Waals surface area contributed by atoms with Gasteiger partial charge in [-0.05, 0) is 19.9 Å². The molecule has 1 amide bonds. The van der Waals surface area contributed by atoms with Gasteiger partial charge >= 0.3 is 0 Å². The van der Waals surface area contributed by atoms with Crippen molar-refractivity contribution in [2.45, 2.75) is 32.5 Å². The first-order valence-corrected chi connectivity index (χ1v) is 9.96. The summed E-state index contributed by atoms with van der Waals surface area (Å²) in [6.45, 7) is 8.76. The Morgan fingerprint density at radius 1 is 1.17 bits per heavy atom. The van der Waals surface area contributed by atoms with Gasteiger partial charge in [0.1, 0.15) is 11.4 Å². The lowest BCUT2D eigenvalue weighted by Gasteiger charge is -2.38. The van der Waals surface area contributed by atoms with Gasteiger partial charge in [0.2, 0.25) is 0 Å². The number of hydrogen-bond acceptors (Lipinski definition) is 8. The lowest BCUT2D eigenvalue weighted by atomic mass is 10.1. The molecule has 4 rings (SSSR count). The third kappa shape index (κ3) is 4.33. The van der Waals surface area contributed by atoms with Crippen LogP contribution in [0.1, 0.15) is 30.0 Å². The minimum Gasteiger partial charge on any atom is -0.377 e. The summed E-state index contributed by atoms with van der Waals surface area (Å²) >= 11 is 0. The molecule has 29 heavy (non-hydrogen) atoms. The minimum atomic E-state index is -0.226. The Morgan fingerprint density at radius 2 is 1.90 bits per heavy atom. The summed E-state index contributed by atoms with van der Waals surface area (Å²) in [5.41, 5.74) is 2.13. The number of hydrogen-bond donors (Lipinski definition) is 2. The van der Waals surface area contributed by atoms with Crippen LogP contribution in [-0.2, 0) is 16.0 Å². The molecule has 0 aliphatic carbocycles. The maximum absolute atomic E-state index is 12.3. The molecular formula is C19H27N7O3. The molecule has 2 aliphatic heterocycles. The number of amides is 1. The van der Waals surface area contributed by atoms with Crippen LogP contribution in [0.5, 0.6) is 0 Å². The summed E-state index contributed by atoms with van der Waals surface area (Å²) < 4.78 is 11.1. The van der Waals surface area contributed by atoms with Crippen molar-refractivity contribution in [1.82, 2.24) is 25.7 Å². The smallest absolute Gasteiger partial charge is 0.269 e. The number of ether oxygens (including phenoxy) is 2. The van der Waals surface area contributed by atoms with Crippen molar-refractivity contribution in [3.8, 4) is 0 Å². The average Bonchev–Trinajstić information content (AvgIpc) is 3.28. The highest BCUT2D eigenvalue weighted by Gasteiger charge is 2.26. The minimum absolute atomic E-state index is 0.213. The number of carbonyl (C=O) groups excluding carboxylic acids is 1. The summed E-state index contributed by atoms with van der Waals surface area (Å²) in [6.07, 6.45) is 1.55. The number of aromatic amines is 1. The van der Waals surface area contributed by atoms with Gasteiger partial charge in [0.05, 0.1) is 44.7 Å². The van der Waals surface area contributed by atoms with Crippen molar-refractivity contribution in [3.05, 3.63) is 29.7 Å². The van der Waals surface area contributed by atoms with Crippen molar-refractivity contribution in [1.29, 1.82) is 0 Å². The van der Waals surface area contributed by atoms with Crippen molar-refractivity contribution in [2.24, 2.45) is 0 Å². The molecule has 4 heterocycles. The van der Waals surface area contributed by atoms with E-state index in [-0.39, 0.29) is 24.5 Å². The van der Waals surface area contributed by atoms with Crippen LogP contribution in [0.15, 0.2) is 18.3 Å². The topological polar surface area (TPSA) is 108 Å². The fourth-order valence-corrected chi connectivity index (χ4v) is 3.71. The zero-order valence-electron chi connectivity index (χ0n) is 16.8. The molecule has 2 saturated heterocycles. The van der Waals surface area contributed by atoms with Crippen molar-refractivity contribution in [3.63, 3.8) is 0 Å². The maximum atomic E-state index is 12.3. The first-order chi connectivity index (χ1) is 14.1. The molecular weight excluding hydrogens is 374 g/mol. The Balaban J connectivity index is 1.59. The third-order valence-corrected chi connectivity index (χ3v) is 5.34. The number of rotatable bonds is 5. The SMILES string of the molecule is C[C@@H]1COCCN1c1cc(N2CCOC[C@H]2C)c(CNC(=O)c2ccn[nH]2)nn1. The Kier molecular flexibility index (Phi) is 5.91. The number of carbonyl (C=O) groups is 1. The average molecular weight is 401 g/mol. The van der Waals surface area contributed by atoms with E-state index >= 15 is 0 Å². The van der Waals surface area contributed by atoms with Crippen LogP contribution >= 0.6 is 0 Å². The van der Waals surface area contributed by atoms with E-state index in [1.54, 1.807) is 12.3 Å². The molecule has 0 radical (unpaired) electrons. The van der Waals surface area contributed by atoms with Gasteiger partial charge in [-0.3, -0.25) is 9.89 Å². The molecule has 2 aliphatic rings. The Bertz CT molecular complexity index is 829. The molecule has 0 unspecified atom stereocenters. The lowest BCUT2D eigenvalue weighted by molar-refractivity contribution is 0.0942. The highest BCUT2D eigenvalue weighted by molar-refractivity contribution is 5.92. The first-order valence-electron chi connectivity index (χ1n) is 9.96. The molecule has 0 aromatic carbocycles. The van der Waals surface area contributed by atoms with Crippen LogP contribution < -0.4 is 15.1 Å². The van der Waals surface area contributed by atoms with Crippen LogP contribution in [-0.4, -0.2) is 77.9 Å². The predicted molar refractivity (Wildman–Crippen MR) is 107 cm³/mol. The molecule has 0 bridgehead atoms. The van der Waals surface area contributed by atoms with Crippen LogP contribution in [0.4, 0.5) is 11.5 Å². The molecule has 2 N–H and O–H groups in total. The van der Waals surface area contributed by atoms with E-state index in [1.165, 1.54) is 0 Å². The Labute approximate surface area is 169 Å². The Morgan fingerprint density at radius 3 is 2.55 bits per heavy atom. The highest BCUT2D eigenvalue weighted by Crippen LogP contribution is 2.28. The third-order valence-electron chi connectivity index (χ3n) is 5.34. The fourth-order valence-electron chi connectivity index (χ4n) is 3.71. The van der Waals surface area contributed by atoms with Gasteiger partial charge in [0.15, 0.2) is 5.82 Å². The molecule has 156 valence electrons. The van der Waals surface area contributed by atoms with Crippen molar-refractivity contribution >= 4 is 17.4 Å². The number of nitrogens with zero attached hydrogens (tertiary/aromatic N) is 5. The number of morpholine rings is 2. The van der Waals surface area contributed by atoms with Gasteiger partial charge in [-0.15, -0.1) is 10.2 Å². The van der Waals surface area contributed by atoms with Crippen LogP contribution in [0.25, 0.3) is 0 Å². The highest BCUT2D eigenvalue weighted by atomic mass is 16.5. The second-order valence-corrected chi connectivity index (χ2v) is 7.42. The zero-order chi connectivity index (χ0) is 20.2. The molecule has 2 atom stereocenters. The number of H-pyrrole nitrogens is 1. The molecule has 10 heteroatoms. The molecule has 2 fully saturated rings. The van der Waals surface area contributed by atoms with E-state index in [9.17, 15) is 4.79 Å². The summed E-state index contributed by atoms with van der Waals surface area (Å²) in [5, 5.41) is 18.3. The summed E-state index contributed by atoms with van der Waals surface area (Å²) in [7, 11) is 0. The van der Waals surface area contributed by atoms with Gasteiger partial charge in [0, 0.05) is 31.4 Å². The van der Waals surface area contributed by atoms with Gasteiger partial charge < -0.3 is 24.6 Å². The van der Waals surface area contributed by atoms with E-state index in [4.69, 9.17) is 9.47 Å². The Hall–Kier alpha value is -2.72. The first kappa shape index (κ1) is 19.6. The molecule has 2 aromatic heterocycles. The lowest BCUT2D eigenvalue weighted by Crippen LogP contribution is -2.46. The van der Waals surface area contributed by atoms with E-state index in [2.05, 4.69) is 55.4 Å². The summed E-state index contributed by atoms with van der Waals surface area (Å²) in [6, 6.07) is 4.16. The van der Waals surface area contributed by atoms with Crippen LogP contribution in [0.2, 0.25) is 0 Å². The fraction of sp³-hybridized carbons (Fsp3) is 0.579. The number of anilines is 2. The van der Waals surface area contributed by atoms with E-state index in [0.29, 0.717) is 32.1 Å². The second-order valence-electron chi connectivity index (χ2n) is 7.42. The largest absolute Gasteiger partial charge is 0.377 e. The standard InChI is InChI=1S/C19H27N7O3/c1-13-11-28-7-5-25(13)17-9-18(26-6-8-29-12-14(26)2)24-23-16(17)10-20-19(27)15-3-4-21-22-15/h3-4,9,13-14H,5-8,10-12H2,1-2H3,(H,20,27)(H,21,22)/t13-,14-/m1/s1.